The first-order chi connectivity index (χ1) is 8.99. The number of rotatable bonds is 3. The molecule has 98 valence electrons. The molecule has 19 heavy (non-hydrogen) atoms. The van der Waals surface area contributed by atoms with E-state index in [9.17, 15) is 15.2 Å². The van der Waals surface area contributed by atoms with Crippen molar-refractivity contribution in [3.05, 3.63) is 55.6 Å². The van der Waals surface area contributed by atoms with Crippen LogP contribution in [0.1, 0.15) is 5.56 Å². The number of nitro groups is 1. The Hall–Kier alpha value is -1.83. The number of ether oxygens (including phenoxy) is 1. The quantitative estimate of drug-likeness (QED) is 0.503. The number of hydrogen-bond acceptors (Lipinski definition) is 4. The number of phenolic OH excluding ortho intramolecular Hbond substituents is 1. The van der Waals surface area contributed by atoms with E-state index in [0.717, 1.165) is 3.57 Å². The topological polar surface area (TPSA) is 72.6 Å². The van der Waals surface area contributed by atoms with Gasteiger partial charge in [-0.15, -0.1) is 0 Å². The molecular formula is C13H10INO4. The highest BCUT2D eigenvalue weighted by Crippen LogP contribution is 2.35. The fourth-order valence-corrected chi connectivity index (χ4v) is 2.03. The number of halogens is 1. The number of phenols is 1. The molecule has 0 unspecified atom stereocenters. The van der Waals surface area contributed by atoms with Gasteiger partial charge in [0.05, 0.1) is 4.92 Å². The maximum absolute atomic E-state index is 11.0. The van der Waals surface area contributed by atoms with Gasteiger partial charge in [-0.1, -0.05) is 6.07 Å². The molecule has 1 N–H and O–H groups in total. The van der Waals surface area contributed by atoms with Crippen LogP contribution in [0.5, 0.6) is 17.2 Å². The first-order valence-electron chi connectivity index (χ1n) is 5.39. The minimum atomic E-state index is -0.490. The fraction of sp³-hybridized carbons (Fsp3) is 0.0769. The maximum atomic E-state index is 11.0. The summed E-state index contributed by atoms with van der Waals surface area (Å²) in [5.74, 6) is 0.633. The standard InChI is InChI=1S/C13H10INO4/c1-8-11(16)3-2-4-12(8)19-13-6-5-9(14)7-10(13)15(17)18/h2-7,16H,1H3. The van der Waals surface area contributed by atoms with E-state index >= 15 is 0 Å². The predicted octanol–water partition coefficient (Wildman–Crippen LogP) is 4.01. The molecule has 0 aromatic heterocycles. The van der Waals surface area contributed by atoms with Gasteiger partial charge in [0.15, 0.2) is 0 Å². The molecule has 0 saturated carbocycles. The van der Waals surface area contributed by atoms with E-state index in [2.05, 4.69) is 0 Å². The highest BCUT2D eigenvalue weighted by atomic mass is 127. The molecule has 2 aromatic carbocycles. The first-order valence-corrected chi connectivity index (χ1v) is 6.47. The summed E-state index contributed by atoms with van der Waals surface area (Å²) in [4.78, 5) is 10.5. The Morgan fingerprint density at radius 3 is 2.68 bits per heavy atom. The van der Waals surface area contributed by atoms with Crippen LogP contribution in [0.15, 0.2) is 36.4 Å². The smallest absolute Gasteiger partial charge is 0.312 e. The summed E-state index contributed by atoms with van der Waals surface area (Å²) in [6, 6.07) is 9.51. The molecule has 0 radical (unpaired) electrons. The van der Waals surface area contributed by atoms with Crippen molar-refractivity contribution < 1.29 is 14.8 Å². The van der Waals surface area contributed by atoms with Crippen LogP contribution in [0.25, 0.3) is 0 Å². The van der Waals surface area contributed by atoms with Crippen molar-refractivity contribution in [1.29, 1.82) is 0 Å². The summed E-state index contributed by atoms with van der Waals surface area (Å²) in [7, 11) is 0. The zero-order valence-electron chi connectivity index (χ0n) is 9.96. The van der Waals surface area contributed by atoms with Crippen LogP contribution in [0.4, 0.5) is 5.69 Å². The second-order valence-electron chi connectivity index (χ2n) is 3.87. The summed E-state index contributed by atoms with van der Waals surface area (Å²) >= 11 is 2.00. The number of nitrogens with zero attached hydrogens (tertiary/aromatic N) is 1. The van der Waals surface area contributed by atoms with Crippen LogP contribution >= 0.6 is 22.6 Å². The highest BCUT2D eigenvalue weighted by molar-refractivity contribution is 14.1. The van der Waals surface area contributed by atoms with E-state index in [1.807, 2.05) is 22.6 Å². The Bertz CT molecular complexity index is 643. The molecule has 0 spiro atoms. The summed E-state index contributed by atoms with van der Waals surface area (Å²) in [5.41, 5.74) is 0.435. The predicted molar refractivity (Wildman–Crippen MR) is 78.7 cm³/mol. The molecule has 0 aliphatic rings. The highest BCUT2D eigenvalue weighted by Gasteiger charge is 2.17. The van der Waals surface area contributed by atoms with Crippen LogP contribution < -0.4 is 4.74 Å². The average Bonchev–Trinajstić information content (AvgIpc) is 2.36. The lowest BCUT2D eigenvalue weighted by molar-refractivity contribution is -0.385. The summed E-state index contributed by atoms with van der Waals surface area (Å²) in [6.07, 6.45) is 0. The summed E-state index contributed by atoms with van der Waals surface area (Å²) in [6.45, 7) is 1.68. The van der Waals surface area contributed by atoms with Crippen molar-refractivity contribution in [1.82, 2.24) is 0 Å². The van der Waals surface area contributed by atoms with Crippen LogP contribution in [-0.2, 0) is 0 Å². The Labute approximate surface area is 123 Å². The van der Waals surface area contributed by atoms with Crippen molar-refractivity contribution in [3.63, 3.8) is 0 Å². The molecule has 5 nitrogen and oxygen atoms in total. The molecule has 0 bridgehead atoms. The fourth-order valence-electron chi connectivity index (χ4n) is 1.55. The Morgan fingerprint density at radius 2 is 2.00 bits per heavy atom. The zero-order valence-corrected chi connectivity index (χ0v) is 12.1. The lowest BCUT2D eigenvalue weighted by Crippen LogP contribution is -1.95. The van der Waals surface area contributed by atoms with Crippen LogP contribution in [0, 0.1) is 20.6 Å². The normalized spacial score (nSPS) is 10.2. The van der Waals surface area contributed by atoms with Gasteiger partial charge in [0.1, 0.15) is 11.5 Å². The lowest BCUT2D eigenvalue weighted by Gasteiger charge is -2.10. The van der Waals surface area contributed by atoms with E-state index in [1.54, 1.807) is 31.2 Å². The average molecular weight is 371 g/mol. The molecule has 6 heteroatoms. The SMILES string of the molecule is Cc1c(O)cccc1Oc1ccc(I)cc1[N+](=O)[O-]. The van der Waals surface area contributed by atoms with E-state index in [0.29, 0.717) is 11.3 Å². The lowest BCUT2D eigenvalue weighted by atomic mass is 10.2. The van der Waals surface area contributed by atoms with Crippen LogP contribution in [-0.4, -0.2) is 10.0 Å². The van der Waals surface area contributed by atoms with E-state index < -0.39 is 4.92 Å². The second-order valence-corrected chi connectivity index (χ2v) is 5.12. The minimum absolute atomic E-state index is 0.0886. The molecule has 2 aromatic rings. The van der Waals surface area contributed by atoms with Gasteiger partial charge in [0.2, 0.25) is 5.75 Å². The van der Waals surface area contributed by atoms with Crippen molar-refractivity contribution in [3.8, 4) is 17.2 Å². The van der Waals surface area contributed by atoms with Gasteiger partial charge >= 0.3 is 5.69 Å². The molecule has 2 rings (SSSR count). The van der Waals surface area contributed by atoms with Crippen molar-refractivity contribution in [2.24, 2.45) is 0 Å². The minimum Gasteiger partial charge on any atom is -0.508 e. The number of hydrogen-bond donors (Lipinski definition) is 1. The molecule has 0 aliphatic carbocycles. The van der Waals surface area contributed by atoms with Crippen molar-refractivity contribution in [2.45, 2.75) is 6.92 Å². The van der Waals surface area contributed by atoms with Crippen molar-refractivity contribution in [2.75, 3.05) is 0 Å². The maximum Gasteiger partial charge on any atom is 0.312 e. The van der Waals surface area contributed by atoms with Gasteiger partial charge in [0, 0.05) is 15.2 Å². The third-order valence-electron chi connectivity index (χ3n) is 2.59. The molecule has 0 aliphatic heterocycles. The molecule has 0 fully saturated rings. The number of aromatic hydroxyl groups is 1. The van der Waals surface area contributed by atoms with Crippen molar-refractivity contribution >= 4 is 28.3 Å². The largest absolute Gasteiger partial charge is 0.508 e. The van der Waals surface area contributed by atoms with Gasteiger partial charge in [-0.25, -0.2) is 0 Å². The summed E-state index contributed by atoms with van der Waals surface area (Å²) < 4.78 is 6.29. The Morgan fingerprint density at radius 1 is 1.26 bits per heavy atom. The molecule has 0 saturated heterocycles. The molecule has 0 atom stereocenters. The number of nitro benzene ring substituents is 1. The molecular weight excluding hydrogens is 361 g/mol. The van der Waals surface area contributed by atoms with Gasteiger partial charge in [-0.2, -0.15) is 0 Å². The van der Waals surface area contributed by atoms with E-state index in [1.165, 1.54) is 12.1 Å². The molecule has 0 amide bonds. The Kier molecular flexibility index (Phi) is 3.89. The van der Waals surface area contributed by atoms with E-state index in [-0.39, 0.29) is 17.2 Å². The summed E-state index contributed by atoms with van der Waals surface area (Å²) in [5, 5.41) is 20.6. The van der Waals surface area contributed by atoms with E-state index in [4.69, 9.17) is 4.74 Å². The second kappa shape index (κ2) is 5.43. The Balaban J connectivity index is 2.44. The van der Waals surface area contributed by atoms with Gasteiger partial charge in [-0.05, 0) is 53.8 Å². The van der Waals surface area contributed by atoms with Gasteiger partial charge in [-0.3, -0.25) is 10.1 Å². The third kappa shape index (κ3) is 2.95. The number of benzene rings is 2. The first kappa shape index (κ1) is 13.6. The van der Waals surface area contributed by atoms with Gasteiger partial charge in [0.25, 0.3) is 0 Å². The van der Waals surface area contributed by atoms with Crippen LogP contribution in [0.2, 0.25) is 0 Å². The third-order valence-corrected chi connectivity index (χ3v) is 3.26. The van der Waals surface area contributed by atoms with Gasteiger partial charge < -0.3 is 9.84 Å². The molecule has 0 heterocycles. The van der Waals surface area contributed by atoms with Crippen LogP contribution in [0.3, 0.4) is 0 Å². The monoisotopic (exact) mass is 371 g/mol. The zero-order chi connectivity index (χ0) is 14.0.